The number of phenolic OH excluding ortho intramolecular Hbond substituents is 1. The predicted molar refractivity (Wildman–Crippen MR) is 91.9 cm³/mol. The monoisotopic (exact) mass is 380 g/mol. The van der Waals surface area contributed by atoms with Crippen molar-refractivity contribution in [1.82, 2.24) is 10.6 Å². The van der Waals surface area contributed by atoms with Gasteiger partial charge in [-0.25, -0.2) is 0 Å². The quantitative estimate of drug-likeness (QED) is 0.651. The fourth-order valence-corrected chi connectivity index (χ4v) is 2.18. The second kappa shape index (κ2) is 9.37. The Morgan fingerprint density at radius 2 is 1.85 bits per heavy atom. The van der Waals surface area contributed by atoms with E-state index in [1.807, 2.05) is 0 Å². The van der Waals surface area contributed by atoms with E-state index in [9.17, 15) is 23.5 Å². The van der Waals surface area contributed by atoms with Gasteiger partial charge < -0.3 is 25.2 Å². The maximum absolute atomic E-state index is 12.3. The first-order valence-corrected chi connectivity index (χ1v) is 7.85. The number of nitrogens with one attached hydrogen (secondary N) is 2. The molecule has 0 aliphatic rings. The molecule has 0 aliphatic heterocycles. The SMILES string of the molecule is COc1cc(C(=O)NCC(=O)NCc2ccccc2O)ccc1OC(F)F. The molecule has 9 heteroatoms. The fraction of sp³-hybridized carbons (Fsp3) is 0.222. The van der Waals surface area contributed by atoms with Gasteiger partial charge in [0.05, 0.1) is 13.7 Å². The van der Waals surface area contributed by atoms with Gasteiger partial charge in [0.25, 0.3) is 5.91 Å². The smallest absolute Gasteiger partial charge is 0.387 e. The van der Waals surface area contributed by atoms with Crippen molar-refractivity contribution in [3.63, 3.8) is 0 Å². The molecule has 0 saturated heterocycles. The number of hydrogen-bond acceptors (Lipinski definition) is 5. The van der Waals surface area contributed by atoms with Crippen molar-refractivity contribution in [3.8, 4) is 17.2 Å². The zero-order valence-electron chi connectivity index (χ0n) is 14.4. The molecule has 3 N–H and O–H groups in total. The number of amides is 2. The van der Waals surface area contributed by atoms with Gasteiger partial charge in [-0.15, -0.1) is 0 Å². The number of rotatable bonds is 8. The molecular formula is C18H18F2N2O5. The number of carbonyl (C=O) groups excluding carboxylic acids is 2. The Morgan fingerprint density at radius 1 is 1.11 bits per heavy atom. The van der Waals surface area contributed by atoms with Gasteiger partial charge in [0, 0.05) is 17.7 Å². The van der Waals surface area contributed by atoms with E-state index >= 15 is 0 Å². The van der Waals surface area contributed by atoms with Crippen LogP contribution in [0.5, 0.6) is 17.2 Å². The van der Waals surface area contributed by atoms with E-state index in [0.29, 0.717) is 5.56 Å². The van der Waals surface area contributed by atoms with E-state index in [1.54, 1.807) is 18.2 Å². The second-order valence-electron chi connectivity index (χ2n) is 5.33. The first-order chi connectivity index (χ1) is 12.9. The van der Waals surface area contributed by atoms with Crippen molar-refractivity contribution < 1.29 is 33.0 Å². The number of para-hydroxylation sites is 1. The molecule has 2 aromatic rings. The summed E-state index contributed by atoms with van der Waals surface area (Å²) in [7, 11) is 1.25. The zero-order valence-corrected chi connectivity index (χ0v) is 14.4. The topological polar surface area (TPSA) is 96.9 Å². The Hall–Kier alpha value is -3.36. The van der Waals surface area contributed by atoms with E-state index in [0.717, 1.165) is 0 Å². The summed E-state index contributed by atoms with van der Waals surface area (Å²) in [6, 6.07) is 10.2. The molecule has 0 spiro atoms. The molecule has 0 atom stereocenters. The van der Waals surface area contributed by atoms with Crippen molar-refractivity contribution in [3.05, 3.63) is 53.6 Å². The largest absolute Gasteiger partial charge is 0.508 e. The van der Waals surface area contributed by atoms with E-state index in [2.05, 4.69) is 15.4 Å². The third-order valence-corrected chi connectivity index (χ3v) is 3.52. The van der Waals surface area contributed by atoms with E-state index in [1.165, 1.54) is 31.4 Å². The van der Waals surface area contributed by atoms with Gasteiger partial charge in [0.2, 0.25) is 5.91 Å². The minimum Gasteiger partial charge on any atom is -0.508 e. The number of phenols is 1. The fourth-order valence-electron chi connectivity index (χ4n) is 2.18. The van der Waals surface area contributed by atoms with Crippen molar-refractivity contribution in [1.29, 1.82) is 0 Å². The van der Waals surface area contributed by atoms with Crippen LogP contribution in [0.1, 0.15) is 15.9 Å². The number of alkyl halides is 2. The van der Waals surface area contributed by atoms with E-state index in [-0.39, 0.29) is 35.9 Å². The predicted octanol–water partition coefficient (Wildman–Crippen LogP) is 2.05. The Labute approximate surface area is 153 Å². The van der Waals surface area contributed by atoms with Gasteiger partial charge in [-0.1, -0.05) is 18.2 Å². The van der Waals surface area contributed by atoms with E-state index in [4.69, 9.17) is 4.74 Å². The maximum Gasteiger partial charge on any atom is 0.387 e. The highest BCUT2D eigenvalue weighted by atomic mass is 19.3. The van der Waals surface area contributed by atoms with Crippen molar-refractivity contribution in [2.45, 2.75) is 13.2 Å². The minimum absolute atomic E-state index is 0.0352. The van der Waals surface area contributed by atoms with Crippen molar-refractivity contribution >= 4 is 11.8 Å². The lowest BCUT2D eigenvalue weighted by molar-refractivity contribution is -0.120. The van der Waals surface area contributed by atoms with Crippen LogP contribution in [-0.4, -0.2) is 37.2 Å². The third kappa shape index (κ3) is 5.84. The van der Waals surface area contributed by atoms with E-state index < -0.39 is 18.4 Å². The number of hydrogen-bond donors (Lipinski definition) is 3. The molecule has 0 aliphatic carbocycles. The number of ether oxygens (including phenoxy) is 2. The minimum atomic E-state index is -3.02. The molecule has 144 valence electrons. The lowest BCUT2D eigenvalue weighted by Crippen LogP contribution is -2.36. The van der Waals surface area contributed by atoms with Crippen LogP contribution in [0, 0.1) is 0 Å². The summed E-state index contributed by atoms with van der Waals surface area (Å²) in [5, 5.41) is 14.6. The molecule has 0 saturated carbocycles. The van der Waals surface area contributed by atoms with Crippen LogP contribution in [0.25, 0.3) is 0 Å². The molecule has 0 aromatic heterocycles. The molecule has 0 fully saturated rings. The normalized spacial score (nSPS) is 10.4. The molecule has 0 heterocycles. The summed E-state index contributed by atoms with van der Waals surface area (Å²) < 4.78 is 33.8. The molecular weight excluding hydrogens is 362 g/mol. The third-order valence-electron chi connectivity index (χ3n) is 3.52. The van der Waals surface area contributed by atoms with Crippen molar-refractivity contribution in [2.24, 2.45) is 0 Å². The Balaban J connectivity index is 1.89. The molecule has 0 unspecified atom stereocenters. The van der Waals surface area contributed by atoms with Gasteiger partial charge in [-0.3, -0.25) is 9.59 Å². The number of aromatic hydroxyl groups is 1. The van der Waals surface area contributed by atoms with Gasteiger partial charge in [-0.2, -0.15) is 8.78 Å². The molecule has 27 heavy (non-hydrogen) atoms. The molecule has 2 rings (SSSR count). The second-order valence-corrected chi connectivity index (χ2v) is 5.33. The van der Waals surface area contributed by atoms with Gasteiger partial charge in [-0.05, 0) is 24.3 Å². The molecule has 7 nitrogen and oxygen atoms in total. The summed E-state index contributed by atoms with van der Waals surface area (Å²) in [6.07, 6.45) is 0. The zero-order chi connectivity index (χ0) is 19.8. The number of methoxy groups -OCH3 is 1. The summed E-state index contributed by atoms with van der Waals surface area (Å²) in [4.78, 5) is 23.9. The highest BCUT2D eigenvalue weighted by Crippen LogP contribution is 2.29. The Morgan fingerprint density at radius 3 is 2.52 bits per heavy atom. The van der Waals surface area contributed by atoms with Crippen LogP contribution in [0.4, 0.5) is 8.78 Å². The lowest BCUT2D eigenvalue weighted by Gasteiger charge is -2.12. The Bertz CT molecular complexity index is 814. The molecule has 0 radical (unpaired) electrons. The number of benzene rings is 2. The van der Waals surface area contributed by atoms with Gasteiger partial charge in [0.15, 0.2) is 11.5 Å². The summed E-state index contributed by atoms with van der Waals surface area (Å²) >= 11 is 0. The van der Waals surface area contributed by atoms with Crippen LogP contribution in [-0.2, 0) is 11.3 Å². The standard InChI is InChI=1S/C18H18F2N2O5/c1-26-15-8-11(6-7-14(15)27-18(19)20)17(25)22-10-16(24)21-9-12-4-2-3-5-13(12)23/h2-8,18,23H,9-10H2,1H3,(H,21,24)(H,22,25). The average Bonchev–Trinajstić information content (AvgIpc) is 2.65. The highest BCUT2D eigenvalue weighted by molar-refractivity contribution is 5.97. The number of carbonyl (C=O) groups is 2. The van der Waals surface area contributed by atoms with Crippen LogP contribution in [0.3, 0.4) is 0 Å². The lowest BCUT2D eigenvalue weighted by atomic mass is 10.2. The Kier molecular flexibility index (Phi) is 6.93. The summed E-state index contributed by atoms with van der Waals surface area (Å²) in [5.74, 6) is -1.23. The molecule has 0 bridgehead atoms. The summed E-state index contributed by atoms with van der Waals surface area (Å²) in [5.41, 5.74) is 0.651. The van der Waals surface area contributed by atoms with Crippen LogP contribution in [0.2, 0.25) is 0 Å². The summed E-state index contributed by atoms with van der Waals surface area (Å²) in [6.45, 7) is -3.22. The van der Waals surface area contributed by atoms with Crippen LogP contribution >= 0.6 is 0 Å². The first kappa shape index (κ1) is 20.0. The average molecular weight is 380 g/mol. The number of halogens is 2. The van der Waals surface area contributed by atoms with Gasteiger partial charge in [0.1, 0.15) is 5.75 Å². The van der Waals surface area contributed by atoms with Crippen LogP contribution in [0.15, 0.2) is 42.5 Å². The highest BCUT2D eigenvalue weighted by Gasteiger charge is 2.15. The molecule has 2 amide bonds. The first-order valence-electron chi connectivity index (χ1n) is 7.85. The van der Waals surface area contributed by atoms with Crippen molar-refractivity contribution in [2.75, 3.05) is 13.7 Å². The van der Waals surface area contributed by atoms with Gasteiger partial charge >= 0.3 is 6.61 Å². The maximum atomic E-state index is 12.3. The van der Waals surface area contributed by atoms with Crippen LogP contribution < -0.4 is 20.1 Å². The molecule has 2 aromatic carbocycles.